The molecule has 1 aromatic rings. The van der Waals surface area contributed by atoms with Crippen LogP contribution in [-0.2, 0) is 22.4 Å². The average molecular weight is 342 g/mol. The summed E-state index contributed by atoms with van der Waals surface area (Å²) in [6.45, 7) is 6.42. The van der Waals surface area contributed by atoms with Gasteiger partial charge in [0.05, 0.1) is 24.7 Å². The molecule has 1 amide bonds. The quantitative estimate of drug-likeness (QED) is 0.789. The molecule has 1 atom stereocenters. The van der Waals surface area contributed by atoms with Gasteiger partial charge in [-0.1, -0.05) is 0 Å². The molecule has 0 aromatic heterocycles. The molecule has 0 saturated carbocycles. The van der Waals surface area contributed by atoms with Crippen molar-refractivity contribution in [1.82, 2.24) is 4.90 Å². The number of hydrogen-bond donors (Lipinski definition) is 0. The number of likely N-dealkylation sites (tertiary alicyclic amines) is 1. The summed E-state index contributed by atoms with van der Waals surface area (Å²) in [7, 11) is 0. The number of carbonyl (C=O) groups is 2. The Hall–Kier alpha value is -2.55. The first kappa shape index (κ1) is 17.3. The van der Waals surface area contributed by atoms with Gasteiger partial charge >= 0.3 is 6.09 Å². The van der Waals surface area contributed by atoms with E-state index in [4.69, 9.17) is 9.47 Å². The fraction of sp³-hybridized carbons (Fsp3) is 0.526. The fourth-order valence-electron chi connectivity index (χ4n) is 3.19. The lowest BCUT2D eigenvalue weighted by molar-refractivity contribution is -0.110. The summed E-state index contributed by atoms with van der Waals surface area (Å²) in [6, 6.07) is 5.83. The third-order valence-corrected chi connectivity index (χ3v) is 4.38. The van der Waals surface area contributed by atoms with Gasteiger partial charge in [-0.15, -0.1) is 0 Å². The highest BCUT2D eigenvalue weighted by molar-refractivity contribution is 5.69. The lowest BCUT2D eigenvalue weighted by Gasteiger charge is -2.39. The molecule has 1 heterocycles. The highest BCUT2D eigenvalue weighted by Crippen LogP contribution is 2.33. The van der Waals surface area contributed by atoms with E-state index in [9.17, 15) is 14.9 Å². The summed E-state index contributed by atoms with van der Waals surface area (Å²) >= 11 is 0. The van der Waals surface area contributed by atoms with Crippen LogP contribution >= 0.6 is 0 Å². The van der Waals surface area contributed by atoms with Crippen LogP contribution in [0.4, 0.5) is 4.79 Å². The van der Waals surface area contributed by atoms with E-state index >= 15 is 0 Å². The van der Waals surface area contributed by atoms with Crippen LogP contribution in [0.5, 0.6) is 5.75 Å². The van der Waals surface area contributed by atoms with Crippen molar-refractivity contribution in [3.63, 3.8) is 0 Å². The molecule has 2 aliphatic rings. The second-order valence-corrected chi connectivity index (χ2v) is 7.65. The summed E-state index contributed by atoms with van der Waals surface area (Å²) in [6.07, 6.45) is 1.78. The first-order chi connectivity index (χ1) is 11.8. The number of nitrogens with zero attached hydrogens (tertiary/aromatic N) is 2. The van der Waals surface area contributed by atoms with Gasteiger partial charge in [0.2, 0.25) is 0 Å². The third-order valence-electron chi connectivity index (χ3n) is 4.38. The Labute approximate surface area is 147 Å². The van der Waals surface area contributed by atoms with E-state index in [2.05, 4.69) is 6.07 Å². The van der Waals surface area contributed by atoms with Gasteiger partial charge in [-0.05, 0) is 56.9 Å². The molecule has 1 saturated heterocycles. The molecule has 1 aliphatic carbocycles. The minimum absolute atomic E-state index is 0.0521. The highest BCUT2D eigenvalue weighted by Gasteiger charge is 2.35. The van der Waals surface area contributed by atoms with E-state index in [1.807, 2.05) is 26.8 Å². The summed E-state index contributed by atoms with van der Waals surface area (Å²) in [5.74, 6) is 0.569. The number of aldehydes is 1. The molecule has 0 spiro atoms. The van der Waals surface area contributed by atoms with E-state index in [1.54, 1.807) is 11.0 Å². The lowest BCUT2D eigenvalue weighted by atomic mass is 10.0. The largest absolute Gasteiger partial charge is 0.487 e. The topological polar surface area (TPSA) is 79.6 Å². The van der Waals surface area contributed by atoms with Crippen molar-refractivity contribution in [2.24, 2.45) is 5.92 Å². The second kappa shape index (κ2) is 6.40. The SMILES string of the molecule is CC(C)(C)OC(=O)N1CC(Oc2cc(C#N)c3c(c2)CC(C=O)C3)C1. The molecule has 1 unspecified atom stereocenters. The highest BCUT2D eigenvalue weighted by atomic mass is 16.6. The van der Waals surface area contributed by atoms with E-state index in [1.165, 1.54) is 0 Å². The van der Waals surface area contributed by atoms with Crippen LogP contribution in [0.15, 0.2) is 12.1 Å². The predicted octanol–water partition coefficient (Wildman–Crippen LogP) is 2.47. The van der Waals surface area contributed by atoms with Crippen LogP contribution in [0.3, 0.4) is 0 Å². The number of carbonyl (C=O) groups excluding carboxylic acids is 2. The minimum Gasteiger partial charge on any atom is -0.487 e. The Kier molecular flexibility index (Phi) is 4.42. The molecular formula is C19H22N2O4. The number of amides is 1. The summed E-state index contributed by atoms with van der Waals surface area (Å²) in [4.78, 5) is 24.6. The number of benzene rings is 1. The third kappa shape index (κ3) is 3.76. The zero-order valence-corrected chi connectivity index (χ0v) is 14.7. The average Bonchev–Trinajstić information content (AvgIpc) is 2.90. The van der Waals surface area contributed by atoms with Crippen LogP contribution in [0.25, 0.3) is 0 Å². The molecule has 1 aliphatic heterocycles. The molecular weight excluding hydrogens is 320 g/mol. The van der Waals surface area contributed by atoms with Gasteiger partial charge in [0.15, 0.2) is 0 Å². The van der Waals surface area contributed by atoms with Gasteiger partial charge in [0.1, 0.15) is 23.7 Å². The Bertz CT molecular complexity index is 739. The Morgan fingerprint density at radius 2 is 2.04 bits per heavy atom. The first-order valence-corrected chi connectivity index (χ1v) is 8.45. The molecule has 25 heavy (non-hydrogen) atoms. The Balaban J connectivity index is 1.62. The first-order valence-electron chi connectivity index (χ1n) is 8.45. The zero-order chi connectivity index (χ0) is 18.2. The van der Waals surface area contributed by atoms with Crippen LogP contribution in [0.2, 0.25) is 0 Å². The van der Waals surface area contributed by atoms with Crippen molar-refractivity contribution >= 4 is 12.4 Å². The fourth-order valence-corrected chi connectivity index (χ4v) is 3.19. The van der Waals surface area contributed by atoms with Crippen molar-refractivity contribution in [3.05, 3.63) is 28.8 Å². The van der Waals surface area contributed by atoms with Gasteiger partial charge in [-0.2, -0.15) is 5.26 Å². The molecule has 3 rings (SSSR count). The molecule has 0 bridgehead atoms. The van der Waals surface area contributed by atoms with Gasteiger partial charge in [-0.3, -0.25) is 0 Å². The van der Waals surface area contributed by atoms with Crippen LogP contribution in [-0.4, -0.2) is 42.1 Å². The molecule has 0 radical (unpaired) electrons. The van der Waals surface area contributed by atoms with Crippen molar-refractivity contribution < 1.29 is 19.1 Å². The summed E-state index contributed by atoms with van der Waals surface area (Å²) in [5.41, 5.74) is 2.02. The minimum atomic E-state index is -0.514. The smallest absolute Gasteiger partial charge is 0.410 e. The standard InChI is InChI=1S/C19H22N2O4/c1-19(2,3)25-18(23)21-9-16(10-21)24-15-6-13-4-12(11-22)5-17(13)14(7-15)8-20/h6-7,11-12,16H,4-5,9-10H2,1-3H3. The van der Waals surface area contributed by atoms with E-state index < -0.39 is 5.60 Å². The van der Waals surface area contributed by atoms with Gasteiger partial charge in [0.25, 0.3) is 0 Å². The Morgan fingerprint density at radius 3 is 2.64 bits per heavy atom. The summed E-state index contributed by atoms with van der Waals surface area (Å²) < 4.78 is 11.2. The molecule has 132 valence electrons. The van der Waals surface area contributed by atoms with E-state index in [0.717, 1.165) is 17.4 Å². The van der Waals surface area contributed by atoms with Crippen LogP contribution in [0, 0.1) is 17.2 Å². The molecule has 6 nitrogen and oxygen atoms in total. The second-order valence-electron chi connectivity index (χ2n) is 7.65. The van der Waals surface area contributed by atoms with Crippen LogP contribution in [0.1, 0.15) is 37.5 Å². The van der Waals surface area contributed by atoms with Gasteiger partial charge in [0, 0.05) is 5.92 Å². The Morgan fingerprint density at radius 1 is 1.32 bits per heavy atom. The maximum Gasteiger partial charge on any atom is 0.410 e. The van der Waals surface area contributed by atoms with Crippen molar-refractivity contribution in [2.75, 3.05) is 13.1 Å². The van der Waals surface area contributed by atoms with Crippen molar-refractivity contribution in [3.8, 4) is 11.8 Å². The number of hydrogen-bond acceptors (Lipinski definition) is 5. The van der Waals surface area contributed by atoms with Crippen molar-refractivity contribution in [2.45, 2.75) is 45.3 Å². The summed E-state index contributed by atoms with van der Waals surface area (Å²) in [5, 5.41) is 9.35. The van der Waals surface area contributed by atoms with Gasteiger partial charge in [-0.25, -0.2) is 4.79 Å². The molecule has 0 N–H and O–H groups in total. The monoisotopic (exact) mass is 342 g/mol. The zero-order valence-electron chi connectivity index (χ0n) is 14.7. The number of fused-ring (bicyclic) bond motifs is 1. The molecule has 1 aromatic carbocycles. The normalized spacial score (nSPS) is 19.6. The maximum absolute atomic E-state index is 11.9. The number of rotatable bonds is 3. The van der Waals surface area contributed by atoms with E-state index in [0.29, 0.717) is 37.2 Å². The van der Waals surface area contributed by atoms with Gasteiger partial charge < -0.3 is 19.2 Å². The molecule has 6 heteroatoms. The van der Waals surface area contributed by atoms with Crippen LogP contribution < -0.4 is 4.74 Å². The van der Waals surface area contributed by atoms with Crippen molar-refractivity contribution in [1.29, 1.82) is 5.26 Å². The number of ether oxygens (including phenoxy) is 2. The predicted molar refractivity (Wildman–Crippen MR) is 90.3 cm³/mol. The maximum atomic E-state index is 11.9. The van der Waals surface area contributed by atoms with E-state index in [-0.39, 0.29) is 18.1 Å². The molecule has 1 fully saturated rings. The number of nitriles is 1. The lowest BCUT2D eigenvalue weighted by Crippen LogP contribution is -2.57.